The van der Waals surface area contributed by atoms with Gasteiger partial charge in [0.15, 0.2) is 0 Å². The molecule has 0 spiro atoms. The van der Waals surface area contributed by atoms with Gasteiger partial charge in [-0.1, -0.05) is 0 Å². The normalized spacial score (nSPS) is 12.3. The Morgan fingerprint density at radius 3 is 2.00 bits per heavy atom. The molecule has 0 saturated carbocycles. The van der Waals surface area contributed by atoms with Gasteiger partial charge in [-0.05, 0) is 0 Å². The SMILES string of the molecule is N#CCC[N+](CCO)(CCO)CCCS(=O)(=O)O. The standard InChI is InChI=1S/C10H20N2O5S/c11-3-1-4-12(6-8-13,7-9-14)5-2-10-18(15,16)17/h13-14H,1-2,4-10H2/p+1. The Balaban J connectivity index is 4.55. The lowest BCUT2D eigenvalue weighted by molar-refractivity contribution is -0.928. The van der Waals surface area contributed by atoms with Gasteiger partial charge >= 0.3 is 0 Å². The van der Waals surface area contributed by atoms with Crippen LogP contribution in [0, 0.1) is 11.3 Å². The zero-order valence-corrected chi connectivity index (χ0v) is 11.1. The van der Waals surface area contributed by atoms with Crippen LogP contribution >= 0.6 is 0 Å². The van der Waals surface area contributed by atoms with Gasteiger partial charge in [0, 0.05) is 6.42 Å². The Morgan fingerprint density at radius 2 is 1.61 bits per heavy atom. The highest BCUT2D eigenvalue weighted by molar-refractivity contribution is 7.85. The summed E-state index contributed by atoms with van der Waals surface area (Å²) in [6.07, 6.45) is 0.496. The summed E-state index contributed by atoms with van der Waals surface area (Å²) in [5.74, 6) is -0.351. The van der Waals surface area contributed by atoms with Gasteiger partial charge in [0.2, 0.25) is 0 Å². The van der Waals surface area contributed by atoms with Crippen LogP contribution in [0.1, 0.15) is 12.8 Å². The lowest BCUT2D eigenvalue weighted by Crippen LogP contribution is -2.53. The van der Waals surface area contributed by atoms with Gasteiger partial charge in [0.25, 0.3) is 10.1 Å². The molecule has 0 amide bonds. The first-order valence-corrected chi connectivity index (χ1v) is 7.39. The molecule has 0 atom stereocenters. The van der Waals surface area contributed by atoms with Gasteiger partial charge in [-0.25, -0.2) is 0 Å². The molecule has 0 aliphatic carbocycles. The highest BCUT2D eigenvalue weighted by atomic mass is 32.2. The average molecular weight is 281 g/mol. The monoisotopic (exact) mass is 281 g/mol. The molecule has 0 aromatic carbocycles. The van der Waals surface area contributed by atoms with Crippen LogP contribution in [0.15, 0.2) is 0 Å². The van der Waals surface area contributed by atoms with E-state index in [9.17, 15) is 8.42 Å². The van der Waals surface area contributed by atoms with Crippen molar-refractivity contribution in [3.05, 3.63) is 0 Å². The van der Waals surface area contributed by atoms with Crippen LogP contribution in [0.4, 0.5) is 0 Å². The molecule has 0 saturated heterocycles. The number of nitriles is 1. The molecule has 7 nitrogen and oxygen atoms in total. The lowest BCUT2D eigenvalue weighted by Gasteiger charge is -2.37. The van der Waals surface area contributed by atoms with Crippen molar-refractivity contribution >= 4 is 10.1 Å². The van der Waals surface area contributed by atoms with Crippen molar-refractivity contribution in [2.75, 3.05) is 45.1 Å². The van der Waals surface area contributed by atoms with E-state index in [1.807, 2.05) is 6.07 Å². The number of quaternary nitrogens is 1. The van der Waals surface area contributed by atoms with Crippen LogP contribution in [0.25, 0.3) is 0 Å². The van der Waals surface area contributed by atoms with Gasteiger partial charge in [-0.2, -0.15) is 13.7 Å². The maximum absolute atomic E-state index is 10.6. The molecule has 0 rings (SSSR count). The average Bonchev–Trinajstić information content (AvgIpc) is 2.25. The Morgan fingerprint density at radius 1 is 1.06 bits per heavy atom. The second kappa shape index (κ2) is 8.39. The summed E-state index contributed by atoms with van der Waals surface area (Å²) in [6, 6.07) is 2.00. The second-order valence-electron chi connectivity index (χ2n) is 4.23. The van der Waals surface area contributed by atoms with E-state index in [1.54, 1.807) is 0 Å². The number of rotatable bonds is 10. The number of aliphatic hydroxyl groups is 2. The third kappa shape index (κ3) is 7.58. The largest absolute Gasteiger partial charge is 0.391 e. The molecule has 0 aromatic heterocycles. The van der Waals surface area contributed by atoms with Gasteiger partial charge in [-0.15, -0.1) is 0 Å². The summed E-state index contributed by atoms with van der Waals surface area (Å²) in [4.78, 5) is 0. The minimum Gasteiger partial charge on any atom is -0.391 e. The molecule has 0 heterocycles. The van der Waals surface area contributed by atoms with E-state index in [-0.39, 0.29) is 36.3 Å². The van der Waals surface area contributed by atoms with E-state index in [1.165, 1.54) is 0 Å². The van der Waals surface area contributed by atoms with Crippen LogP contribution in [0.5, 0.6) is 0 Å². The molecule has 0 aliphatic heterocycles. The van der Waals surface area contributed by atoms with Crippen LogP contribution in [-0.4, -0.2) is 72.8 Å². The predicted octanol–water partition coefficient (Wildman–Crippen LogP) is -1.02. The topological polar surface area (TPSA) is 119 Å². The minimum absolute atomic E-state index is 0.0999. The molecule has 0 aliphatic rings. The zero-order chi connectivity index (χ0) is 14.1. The lowest BCUT2D eigenvalue weighted by atomic mass is 10.2. The molecule has 106 valence electrons. The Bertz CT molecular complexity index is 357. The third-order valence-corrected chi connectivity index (χ3v) is 3.69. The van der Waals surface area contributed by atoms with Crippen molar-refractivity contribution < 1.29 is 27.7 Å². The van der Waals surface area contributed by atoms with Gasteiger partial charge in [0.1, 0.15) is 13.1 Å². The Hall–Kier alpha value is -0.720. The number of aliphatic hydroxyl groups excluding tert-OH is 2. The van der Waals surface area contributed by atoms with E-state index < -0.39 is 10.1 Å². The first-order valence-electron chi connectivity index (χ1n) is 5.78. The first kappa shape index (κ1) is 17.3. The summed E-state index contributed by atoms with van der Waals surface area (Å²) in [5, 5.41) is 26.7. The van der Waals surface area contributed by atoms with Gasteiger partial charge < -0.3 is 14.7 Å². The molecular formula is C10H21N2O5S+. The highest BCUT2D eigenvalue weighted by Gasteiger charge is 2.26. The summed E-state index contributed by atoms with van der Waals surface area (Å²) in [7, 11) is -4.00. The summed E-state index contributed by atoms with van der Waals surface area (Å²) >= 11 is 0. The van der Waals surface area contributed by atoms with Crippen LogP contribution in [0.2, 0.25) is 0 Å². The molecule has 0 fully saturated rings. The molecule has 0 bridgehead atoms. The van der Waals surface area contributed by atoms with Gasteiger partial charge in [0.05, 0.1) is 44.5 Å². The molecule has 0 aromatic rings. The summed E-state index contributed by atoms with van der Waals surface area (Å²) in [6.45, 7) is 1.35. The molecule has 0 radical (unpaired) electrons. The van der Waals surface area contributed by atoms with Crippen LogP contribution in [0.3, 0.4) is 0 Å². The Labute approximate surface area is 108 Å². The summed E-state index contributed by atoms with van der Waals surface area (Å²) in [5.41, 5.74) is 0. The number of nitrogens with zero attached hydrogens (tertiary/aromatic N) is 2. The van der Waals surface area contributed by atoms with Crippen LogP contribution < -0.4 is 0 Å². The predicted molar refractivity (Wildman–Crippen MR) is 65.2 cm³/mol. The summed E-state index contributed by atoms with van der Waals surface area (Å²) < 4.78 is 30.2. The molecule has 18 heavy (non-hydrogen) atoms. The van der Waals surface area contributed by atoms with E-state index >= 15 is 0 Å². The molecule has 8 heteroatoms. The fourth-order valence-electron chi connectivity index (χ4n) is 1.96. The van der Waals surface area contributed by atoms with E-state index in [0.29, 0.717) is 26.2 Å². The third-order valence-electron chi connectivity index (χ3n) is 2.88. The van der Waals surface area contributed by atoms with Crippen molar-refractivity contribution in [2.24, 2.45) is 0 Å². The van der Waals surface area contributed by atoms with E-state index in [0.717, 1.165) is 0 Å². The minimum atomic E-state index is -4.00. The van der Waals surface area contributed by atoms with Crippen molar-refractivity contribution in [1.29, 1.82) is 5.26 Å². The van der Waals surface area contributed by atoms with Crippen LogP contribution in [-0.2, 0) is 10.1 Å². The van der Waals surface area contributed by atoms with E-state index in [2.05, 4.69) is 0 Å². The first-order chi connectivity index (χ1) is 8.39. The number of hydrogen-bond acceptors (Lipinski definition) is 5. The number of hydrogen-bond donors (Lipinski definition) is 3. The molecule has 0 unspecified atom stereocenters. The van der Waals surface area contributed by atoms with E-state index in [4.69, 9.17) is 20.0 Å². The van der Waals surface area contributed by atoms with Crippen molar-refractivity contribution in [1.82, 2.24) is 0 Å². The van der Waals surface area contributed by atoms with Crippen molar-refractivity contribution in [3.8, 4) is 6.07 Å². The maximum Gasteiger partial charge on any atom is 0.265 e. The fraction of sp³-hybridized carbons (Fsp3) is 0.900. The smallest absolute Gasteiger partial charge is 0.265 e. The highest BCUT2D eigenvalue weighted by Crippen LogP contribution is 2.10. The maximum atomic E-state index is 10.6. The molecule has 3 N–H and O–H groups in total. The quantitative estimate of drug-likeness (QED) is 0.348. The van der Waals surface area contributed by atoms with Crippen molar-refractivity contribution in [2.45, 2.75) is 12.8 Å². The fourth-order valence-corrected chi connectivity index (χ4v) is 2.46. The zero-order valence-electron chi connectivity index (χ0n) is 10.3. The van der Waals surface area contributed by atoms with Crippen molar-refractivity contribution in [3.63, 3.8) is 0 Å². The molecular weight excluding hydrogens is 260 g/mol. The Kier molecular flexibility index (Phi) is 8.06. The second-order valence-corrected chi connectivity index (χ2v) is 5.80. The van der Waals surface area contributed by atoms with Gasteiger partial charge in [-0.3, -0.25) is 4.55 Å².